The molecule has 0 bridgehead atoms. The van der Waals surface area contributed by atoms with Crippen molar-refractivity contribution in [2.45, 2.75) is 19.1 Å². The molecule has 0 spiro atoms. The normalized spacial score (nSPS) is 17.3. The highest BCUT2D eigenvalue weighted by Gasteiger charge is 2.42. The number of fused-ring (bicyclic) bond motifs is 1. The van der Waals surface area contributed by atoms with E-state index in [-0.39, 0.29) is 18.2 Å². The van der Waals surface area contributed by atoms with Crippen molar-refractivity contribution in [3.63, 3.8) is 0 Å². The van der Waals surface area contributed by atoms with Gasteiger partial charge < -0.3 is 9.47 Å². The zero-order valence-corrected chi connectivity index (χ0v) is 20.8. The summed E-state index contributed by atoms with van der Waals surface area (Å²) in [5, 5.41) is 5.81. The van der Waals surface area contributed by atoms with Crippen LogP contribution in [0.25, 0.3) is 0 Å². The third kappa shape index (κ3) is 4.46. The molecule has 7 heteroatoms. The van der Waals surface area contributed by atoms with Gasteiger partial charge in [-0.25, -0.2) is 4.79 Å². The van der Waals surface area contributed by atoms with Gasteiger partial charge in [-0.15, -0.1) is 0 Å². The first-order valence-electron chi connectivity index (χ1n) is 10.2. The maximum atomic E-state index is 12.5. The zero-order valence-electron chi connectivity index (χ0n) is 17.5. The molecule has 4 rings (SSSR count). The number of benzene rings is 3. The lowest BCUT2D eigenvalue weighted by Crippen LogP contribution is -2.37. The van der Waals surface area contributed by atoms with Crippen molar-refractivity contribution >= 4 is 50.5 Å². The van der Waals surface area contributed by atoms with Crippen LogP contribution in [0, 0.1) is 0 Å². The summed E-state index contributed by atoms with van der Waals surface area (Å²) in [6.07, 6.45) is -3.10. The van der Waals surface area contributed by atoms with Gasteiger partial charge in [-0.3, -0.25) is 5.09 Å². The van der Waals surface area contributed by atoms with E-state index in [4.69, 9.17) is 21.3 Å². The Labute approximate surface area is 201 Å². The Hall–Kier alpha value is -2.24. The summed E-state index contributed by atoms with van der Waals surface area (Å²) in [6.45, 7) is 6.06. The molecule has 0 radical (unpaired) electrons. The zero-order chi connectivity index (χ0) is 22.7. The fraction of sp³-hybridized carbons (Fsp3) is 0.160. The van der Waals surface area contributed by atoms with Crippen LogP contribution in [0.5, 0.6) is 5.75 Å². The summed E-state index contributed by atoms with van der Waals surface area (Å²) in [6, 6.07) is 25.6. The van der Waals surface area contributed by atoms with Crippen molar-refractivity contribution in [1.29, 1.82) is 0 Å². The van der Waals surface area contributed by atoms with Crippen LogP contribution in [0.4, 0.5) is 0 Å². The number of ether oxygens (including phenoxy) is 2. The second-order valence-corrected chi connectivity index (χ2v) is 12.4. The van der Waals surface area contributed by atoms with E-state index in [0.29, 0.717) is 5.75 Å². The van der Waals surface area contributed by atoms with E-state index in [1.807, 2.05) is 78.9 Å². The lowest BCUT2D eigenvalue weighted by Gasteiger charge is -2.31. The van der Waals surface area contributed by atoms with Crippen LogP contribution in [0.15, 0.2) is 95.5 Å². The van der Waals surface area contributed by atoms with Gasteiger partial charge in [0.15, 0.2) is 0 Å². The van der Waals surface area contributed by atoms with E-state index >= 15 is 0 Å². The third-order valence-corrected chi connectivity index (χ3v) is 10.1. The highest BCUT2D eigenvalue weighted by Crippen LogP contribution is 2.48. The average Bonchev–Trinajstić information content (AvgIpc) is 3.17. The smallest absolute Gasteiger partial charge is 0.337 e. The van der Waals surface area contributed by atoms with Crippen molar-refractivity contribution < 1.29 is 14.3 Å². The van der Waals surface area contributed by atoms with E-state index < -0.39 is 18.3 Å². The molecule has 3 aromatic carbocycles. The minimum atomic E-state index is -2.47. The van der Waals surface area contributed by atoms with Gasteiger partial charge in [-0.2, -0.15) is 0 Å². The highest BCUT2D eigenvalue weighted by atomic mass is 79.9. The Bertz CT molecular complexity index is 1140. The molecule has 0 amide bonds. The highest BCUT2D eigenvalue weighted by molar-refractivity contribution is 9.10. The fourth-order valence-electron chi connectivity index (χ4n) is 3.76. The van der Waals surface area contributed by atoms with Gasteiger partial charge in [0.05, 0.1) is 24.4 Å². The summed E-state index contributed by atoms with van der Waals surface area (Å²) in [5.74, 6) is 0.229. The van der Waals surface area contributed by atoms with Gasteiger partial charge in [0.25, 0.3) is 0 Å². The predicted molar refractivity (Wildman–Crippen MR) is 137 cm³/mol. The first kappa shape index (κ1) is 22.9. The van der Waals surface area contributed by atoms with E-state index in [9.17, 15) is 4.79 Å². The van der Waals surface area contributed by atoms with Gasteiger partial charge in [-0.1, -0.05) is 95.0 Å². The first-order chi connectivity index (χ1) is 15.4. The molecular formula is C25H23BrNO3PS. The number of carbonyl (C=O) groups excluding carboxylic acids is 1. The summed E-state index contributed by atoms with van der Waals surface area (Å²) >= 11 is 9.93. The molecule has 0 fully saturated rings. The molecule has 0 unspecified atom stereocenters. The molecule has 1 aliphatic rings. The van der Waals surface area contributed by atoms with Crippen molar-refractivity contribution in [3.05, 3.63) is 101 Å². The SMILES string of the molecule is C=C(C(=O)OCC)[C@@H]1Oc2ccc(Br)cc2[C@H]1NP(=S)(c1ccccc1)c1ccccc1. The molecule has 0 saturated carbocycles. The number of halogens is 1. The molecule has 0 aromatic heterocycles. The largest absolute Gasteiger partial charge is 0.483 e. The minimum Gasteiger partial charge on any atom is -0.483 e. The number of nitrogens with one attached hydrogen (secondary N) is 1. The van der Waals surface area contributed by atoms with Crippen LogP contribution in [-0.2, 0) is 21.3 Å². The van der Waals surface area contributed by atoms with Gasteiger partial charge in [0, 0.05) is 20.6 Å². The summed E-state index contributed by atoms with van der Waals surface area (Å²) in [5.41, 5.74) is 1.19. The van der Waals surface area contributed by atoms with Gasteiger partial charge in [0.1, 0.15) is 11.9 Å². The average molecular weight is 528 g/mol. The topological polar surface area (TPSA) is 47.6 Å². The fourth-order valence-corrected chi connectivity index (χ4v) is 7.65. The molecule has 1 N–H and O–H groups in total. The van der Waals surface area contributed by atoms with Gasteiger partial charge >= 0.3 is 5.97 Å². The number of hydrogen-bond acceptors (Lipinski definition) is 4. The molecule has 32 heavy (non-hydrogen) atoms. The van der Waals surface area contributed by atoms with E-state index in [1.165, 1.54) is 0 Å². The van der Waals surface area contributed by atoms with E-state index in [1.54, 1.807) is 6.92 Å². The maximum Gasteiger partial charge on any atom is 0.337 e. The molecule has 2 atom stereocenters. The van der Waals surface area contributed by atoms with Crippen molar-refractivity contribution in [2.75, 3.05) is 6.61 Å². The van der Waals surface area contributed by atoms with Crippen LogP contribution in [0.2, 0.25) is 0 Å². The van der Waals surface area contributed by atoms with Crippen LogP contribution in [0.3, 0.4) is 0 Å². The number of esters is 1. The minimum absolute atomic E-state index is 0.263. The third-order valence-electron chi connectivity index (χ3n) is 5.31. The second kappa shape index (κ2) is 9.72. The Balaban J connectivity index is 1.81. The second-order valence-electron chi connectivity index (χ2n) is 7.35. The van der Waals surface area contributed by atoms with Crippen molar-refractivity contribution in [1.82, 2.24) is 5.09 Å². The number of carbonyl (C=O) groups is 1. The van der Waals surface area contributed by atoms with Crippen molar-refractivity contribution in [2.24, 2.45) is 0 Å². The van der Waals surface area contributed by atoms with Crippen LogP contribution in [0.1, 0.15) is 18.5 Å². The summed E-state index contributed by atoms with van der Waals surface area (Å²) < 4.78 is 12.3. The van der Waals surface area contributed by atoms with Crippen molar-refractivity contribution in [3.8, 4) is 5.75 Å². The molecule has 164 valence electrons. The molecule has 3 aromatic rings. The lowest BCUT2D eigenvalue weighted by molar-refractivity contribution is -0.139. The molecule has 1 heterocycles. The quantitative estimate of drug-likeness (QED) is 0.266. The van der Waals surface area contributed by atoms with Crippen LogP contribution < -0.4 is 20.4 Å². The Morgan fingerprint density at radius 3 is 2.25 bits per heavy atom. The molecule has 1 aliphatic heterocycles. The molecular weight excluding hydrogens is 505 g/mol. The van der Waals surface area contributed by atoms with E-state index in [2.05, 4.69) is 27.6 Å². The predicted octanol–water partition coefficient (Wildman–Crippen LogP) is 5.01. The lowest BCUT2D eigenvalue weighted by atomic mass is 10.00. The maximum absolute atomic E-state index is 12.5. The number of rotatable bonds is 7. The van der Waals surface area contributed by atoms with Crippen LogP contribution in [-0.4, -0.2) is 18.7 Å². The van der Waals surface area contributed by atoms with Gasteiger partial charge in [0.2, 0.25) is 0 Å². The Morgan fingerprint density at radius 1 is 1.09 bits per heavy atom. The van der Waals surface area contributed by atoms with E-state index in [0.717, 1.165) is 20.6 Å². The number of hydrogen-bond donors (Lipinski definition) is 1. The van der Waals surface area contributed by atoms with Gasteiger partial charge in [-0.05, 0) is 25.1 Å². The Morgan fingerprint density at radius 2 is 1.69 bits per heavy atom. The first-order valence-corrected chi connectivity index (χ1v) is 13.8. The van der Waals surface area contributed by atoms with Crippen LogP contribution >= 0.6 is 22.1 Å². The Kier molecular flexibility index (Phi) is 6.96. The molecule has 4 nitrogen and oxygen atoms in total. The molecule has 0 aliphatic carbocycles. The standard InChI is InChI=1S/C25H23BrNO3PS/c1-3-29-25(28)17(2)24-23(21-16-18(26)14-15-22(21)30-24)27-31(32,19-10-6-4-7-11-19)20-12-8-5-9-13-20/h4-16,23-24H,2-3H2,1H3,(H,27,32)/t23-,24+/m1/s1. The molecule has 0 saturated heterocycles. The summed E-state index contributed by atoms with van der Waals surface area (Å²) in [7, 11) is 0. The monoisotopic (exact) mass is 527 g/mol. The summed E-state index contributed by atoms with van der Waals surface area (Å²) in [4.78, 5) is 12.5.